The summed E-state index contributed by atoms with van der Waals surface area (Å²) in [5.74, 6) is 0. The quantitative estimate of drug-likeness (QED) is 0.893. The average Bonchev–Trinajstić information content (AvgIpc) is 2.46. The van der Waals surface area contributed by atoms with Crippen LogP contribution in [0.2, 0.25) is 0 Å². The zero-order valence-corrected chi connectivity index (χ0v) is 11.6. The Labute approximate surface area is 115 Å². The average molecular weight is 255 g/mol. The molecule has 100 valence electrons. The molecule has 0 aliphatic rings. The van der Waals surface area contributed by atoms with Gasteiger partial charge in [0.25, 0.3) is 0 Å². The summed E-state index contributed by atoms with van der Waals surface area (Å²) < 4.78 is 0. The van der Waals surface area contributed by atoms with Crippen LogP contribution in [-0.2, 0) is 6.42 Å². The molecule has 0 amide bonds. The van der Waals surface area contributed by atoms with Crippen molar-refractivity contribution in [1.82, 2.24) is 4.98 Å². The molecule has 1 heterocycles. The number of pyridine rings is 1. The first kappa shape index (κ1) is 13.6. The van der Waals surface area contributed by atoms with Gasteiger partial charge in [-0.05, 0) is 36.8 Å². The maximum atomic E-state index is 5.85. The van der Waals surface area contributed by atoms with E-state index < -0.39 is 0 Å². The Balaban J connectivity index is 1.94. The van der Waals surface area contributed by atoms with Crippen LogP contribution >= 0.6 is 0 Å². The molecule has 19 heavy (non-hydrogen) atoms. The molecule has 1 aromatic carbocycles. The lowest BCUT2D eigenvalue weighted by molar-refractivity contribution is 0.815. The number of likely N-dealkylation sites (N-methyl/N-ethyl adjacent to an activating group) is 1. The topological polar surface area (TPSA) is 42.1 Å². The van der Waals surface area contributed by atoms with Crippen LogP contribution in [0.4, 0.5) is 5.69 Å². The Bertz CT molecular complexity index is 491. The molecule has 0 saturated carbocycles. The molecule has 0 spiro atoms. The number of nitrogens with two attached hydrogens (primary N) is 1. The fourth-order valence-corrected chi connectivity index (χ4v) is 1.99. The number of hydrogen-bond acceptors (Lipinski definition) is 3. The second-order valence-corrected chi connectivity index (χ2v) is 4.87. The molecule has 2 rings (SSSR count). The van der Waals surface area contributed by atoms with Gasteiger partial charge in [0.2, 0.25) is 0 Å². The molecule has 3 heteroatoms. The van der Waals surface area contributed by atoms with Gasteiger partial charge in [-0.1, -0.05) is 18.2 Å². The highest BCUT2D eigenvalue weighted by atomic mass is 15.1. The minimum Gasteiger partial charge on any atom is -0.374 e. The molecule has 0 fully saturated rings. The zero-order chi connectivity index (χ0) is 13.7. The van der Waals surface area contributed by atoms with E-state index in [4.69, 9.17) is 5.73 Å². The minimum absolute atomic E-state index is 0.0906. The lowest BCUT2D eigenvalue weighted by Gasteiger charge is -2.19. The first-order chi connectivity index (χ1) is 9.16. The number of hydrogen-bond donors (Lipinski definition) is 1. The van der Waals surface area contributed by atoms with E-state index in [-0.39, 0.29) is 6.04 Å². The van der Waals surface area contributed by atoms with Crippen LogP contribution in [0.1, 0.15) is 24.2 Å². The van der Waals surface area contributed by atoms with Crippen LogP contribution in [0, 0.1) is 0 Å². The molecule has 1 atom stereocenters. The predicted octanol–water partition coefficient (Wildman–Crippen LogP) is 2.78. The fraction of sp³-hybridized carbons (Fsp3) is 0.312. The van der Waals surface area contributed by atoms with Crippen LogP contribution < -0.4 is 10.6 Å². The summed E-state index contributed by atoms with van der Waals surface area (Å²) in [4.78, 5) is 6.57. The lowest BCUT2D eigenvalue weighted by atomic mass is 10.1. The van der Waals surface area contributed by atoms with Crippen molar-refractivity contribution in [1.29, 1.82) is 0 Å². The summed E-state index contributed by atoms with van der Waals surface area (Å²) in [5.41, 5.74) is 9.36. The van der Waals surface area contributed by atoms with Crippen LogP contribution in [0.15, 0.2) is 48.7 Å². The van der Waals surface area contributed by atoms with E-state index in [1.54, 1.807) is 0 Å². The third-order valence-electron chi connectivity index (χ3n) is 3.29. The Kier molecular flexibility index (Phi) is 4.53. The van der Waals surface area contributed by atoms with Gasteiger partial charge in [0.15, 0.2) is 0 Å². The van der Waals surface area contributed by atoms with Crippen molar-refractivity contribution in [2.45, 2.75) is 19.4 Å². The van der Waals surface area contributed by atoms with E-state index in [2.05, 4.69) is 47.3 Å². The van der Waals surface area contributed by atoms with Crippen molar-refractivity contribution < 1.29 is 0 Å². The summed E-state index contributed by atoms with van der Waals surface area (Å²) in [5, 5.41) is 0. The summed E-state index contributed by atoms with van der Waals surface area (Å²) in [6.45, 7) is 2.95. The van der Waals surface area contributed by atoms with Crippen molar-refractivity contribution in [3.8, 4) is 0 Å². The van der Waals surface area contributed by atoms with Gasteiger partial charge in [0.05, 0.1) is 0 Å². The molecule has 0 aliphatic carbocycles. The van der Waals surface area contributed by atoms with E-state index in [0.29, 0.717) is 0 Å². The van der Waals surface area contributed by atoms with Gasteiger partial charge < -0.3 is 10.6 Å². The number of rotatable bonds is 5. The lowest BCUT2D eigenvalue weighted by Crippen LogP contribution is -2.20. The molecule has 1 aromatic heterocycles. The Hall–Kier alpha value is -1.87. The number of anilines is 1. The third kappa shape index (κ3) is 3.80. The summed E-state index contributed by atoms with van der Waals surface area (Å²) in [6, 6.07) is 14.6. The fourth-order valence-electron chi connectivity index (χ4n) is 1.99. The van der Waals surface area contributed by atoms with E-state index in [1.807, 2.05) is 25.3 Å². The predicted molar refractivity (Wildman–Crippen MR) is 80.3 cm³/mol. The Morgan fingerprint density at radius 1 is 1.16 bits per heavy atom. The van der Waals surface area contributed by atoms with Crippen molar-refractivity contribution in [3.63, 3.8) is 0 Å². The molecular formula is C16H21N3. The number of benzene rings is 1. The second-order valence-electron chi connectivity index (χ2n) is 4.87. The van der Waals surface area contributed by atoms with E-state index in [9.17, 15) is 0 Å². The summed E-state index contributed by atoms with van der Waals surface area (Å²) in [7, 11) is 2.10. The van der Waals surface area contributed by atoms with Crippen molar-refractivity contribution in [2.24, 2.45) is 5.73 Å². The highest BCUT2D eigenvalue weighted by Crippen LogP contribution is 2.17. The van der Waals surface area contributed by atoms with E-state index >= 15 is 0 Å². The molecule has 0 unspecified atom stereocenters. The monoisotopic (exact) mass is 255 g/mol. The van der Waals surface area contributed by atoms with Crippen LogP contribution in [0.3, 0.4) is 0 Å². The Morgan fingerprint density at radius 3 is 2.47 bits per heavy atom. The van der Waals surface area contributed by atoms with Gasteiger partial charge in [-0.2, -0.15) is 0 Å². The molecule has 0 aliphatic heterocycles. The normalized spacial score (nSPS) is 12.2. The van der Waals surface area contributed by atoms with Gasteiger partial charge in [0, 0.05) is 43.6 Å². The van der Waals surface area contributed by atoms with Crippen molar-refractivity contribution >= 4 is 5.69 Å². The first-order valence-corrected chi connectivity index (χ1v) is 6.63. The zero-order valence-electron chi connectivity index (χ0n) is 11.6. The van der Waals surface area contributed by atoms with Crippen molar-refractivity contribution in [2.75, 3.05) is 18.5 Å². The standard InChI is InChI=1S/C16H21N3/c1-13(17)14-6-8-16(9-7-14)19(2)12-10-15-5-3-4-11-18-15/h3-9,11,13H,10,12,17H2,1-2H3/t13-/m1/s1. The molecule has 2 aromatic rings. The third-order valence-corrected chi connectivity index (χ3v) is 3.29. The molecular weight excluding hydrogens is 234 g/mol. The van der Waals surface area contributed by atoms with Gasteiger partial charge in [-0.15, -0.1) is 0 Å². The van der Waals surface area contributed by atoms with Crippen LogP contribution in [0.5, 0.6) is 0 Å². The molecule has 3 nitrogen and oxygen atoms in total. The number of nitrogens with zero attached hydrogens (tertiary/aromatic N) is 2. The molecule has 2 N–H and O–H groups in total. The molecule has 0 radical (unpaired) electrons. The highest BCUT2D eigenvalue weighted by Gasteiger charge is 2.03. The number of aromatic nitrogens is 1. The Morgan fingerprint density at radius 2 is 1.89 bits per heavy atom. The molecule has 0 bridgehead atoms. The minimum atomic E-state index is 0.0906. The first-order valence-electron chi connectivity index (χ1n) is 6.63. The SMILES string of the molecule is C[C@@H](N)c1ccc(N(C)CCc2ccccn2)cc1. The maximum absolute atomic E-state index is 5.85. The second kappa shape index (κ2) is 6.34. The summed E-state index contributed by atoms with van der Waals surface area (Å²) >= 11 is 0. The van der Waals surface area contributed by atoms with Gasteiger partial charge >= 0.3 is 0 Å². The van der Waals surface area contributed by atoms with E-state index in [0.717, 1.165) is 18.7 Å². The maximum Gasteiger partial charge on any atom is 0.0421 e. The van der Waals surface area contributed by atoms with Crippen molar-refractivity contribution in [3.05, 3.63) is 59.9 Å². The van der Waals surface area contributed by atoms with Gasteiger partial charge in [-0.3, -0.25) is 4.98 Å². The van der Waals surface area contributed by atoms with Crippen LogP contribution in [0.25, 0.3) is 0 Å². The largest absolute Gasteiger partial charge is 0.374 e. The smallest absolute Gasteiger partial charge is 0.0421 e. The van der Waals surface area contributed by atoms with E-state index in [1.165, 1.54) is 11.3 Å². The summed E-state index contributed by atoms with van der Waals surface area (Å²) in [6.07, 6.45) is 2.79. The van der Waals surface area contributed by atoms with Gasteiger partial charge in [0.1, 0.15) is 0 Å². The molecule has 0 saturated heterocycles. The van der Waals surface area contributed by atoms with Gasteiger partial charge in [-0.25, -0.2) is 0 Å². The highest BCUT2D eigenvalue weighted by molar-refractivity contribution is 5.47. The van der Waals surface area contributed by atoms with Crippen LogP contribution in [-0.4, -0.2) is 18.6 Å².